The van der Waals surface area contributed by atoms with E-state index < -0.39 is 0 Å². The van der Waals surface area contributed by atoms with Crippen LogP contribution in [0.2, 0.25) is 0 Å². The second kappa shape index (κ2) is 7.67. The predicted molar refractivity (Wildman–Crippen MR) is 107 cm³/mol. The van der Waals surface area contributed by atoms with Gasteiger partial charge in [-0.2, -0.15) is 10.4 Å². The summed E-state index contributed by atoms with van der Waals surface area (Å²) in [6.45, 7) is 6.47. The SMILES string of the molecule is COc1ccc(C(CC(C)(C)n2cc(C)cn2)c2ccc(C#N)cc2)cc1. The molecule has 0 aliphatic rings. The summed E-state index contributed by atoms with van der Waals surface area (Å²) in [5.41, 5.74) is 4.08. The summed E-state index contributed by atoms with van der Waals surface area (Å²) in [6.07, 6.45) is 4.86. The molecule has 0 aliphatic heterocycles. The molecule has 0 spiro atoms. The van der Waals surface area contributed by atoms with Crippen LogP contribution in [0.25, 0.3) is 0 Å². The molecule has 0 saturated heterocycles. The Balaban J connectivity index is 1.99. The Morgan fingerprint density at radius 3 is 2.15 bits per heavy atom. The number of benzene rings is 2. The van der Waals surface area contributed by atoms with Crippen LogP contribution in [0.1, 0.15) is 48.4 Å². The Morgan fingerprint density at radius 2 is 1.67 bits per heavy atom. The Kier molecular flexibility index (Phi) is 5.32. The number of nitrogens with zero attached hydrogens (tertiary/aromatic N) is 3. The van der Waals surface area contributed by atoms with Crippen LogP contribution in [-0.2, 0) is 5.54 Å². The zero-order valence-corrected chi connectivity index (χ0v) is 16.3. The van der Waals surface area contributed by atoms with Crippen LogP contribution < -0.4 is 4.74 Å². The number of rotatable bonds is 6. The summed E-state index contributed by atoms with van der Waals surface area (Å²) in [5, 5.41) is 13.6. The summed E-state index contributed by atoms with van der Waals surface area (Å²) < 4.78 is 7.35. The van der Waals surface area contributed by atoms with E-state index in [1.54, 1.807) is 7.11 Å². The summed E-state index contributed by atoms with van der Waals surface area (Å²) >= 11 is 0. The fourth-order valence-corrected chi connectivity index (χ4v) is 3.39. The molecule has 1 aromatic heterocycles. The van der Waals surface area contributed by atoms with E-state index in [0.717, 1.165) is 17.7 Å². The van der Waals surface area contributed by atoms with E-state index >= 15 is 0 Å². The second-order valence-electron chi connectivity index (χ2n) is 7.54. The average molecular weight is 359 g/mol. The van der Waals surface area contributed by atoms with Crippen LogP contribution in [0.3, 0.4) is 0 Å². The molecule has 0 radical (unpaired) electrons. The summed E-state index contributed by atoms with van der Waals surface area (Å²) in [6, 6.07) is 18.3. The highest BCUT2D eigenvalue weighted by Crippen LogP contribution is 2.36. The average Bonchev–Trinajstić information content (AvgIpc) is 3.14. The van der Waals surface area contributed by atoms with Gasteiger partial charge >= 0.3 is 0 Å². The quantitative estimate of drug-likeness (QED) is 0.620. The first-order valence-corrected chi connectivity index (χ1v) is 9.09. The predicted octanol–water partition coefficient (Wildman–Crippen LogP) is 5.03. The number of hydrogen-bond donors (Lipinski definition) is 0. The molecule has 3 rings (SSSR count). The molecule has 4 nitrogen and oxygen atoms in total. The summed E-state index contributed by atoms with van der Waals surface area (Å²) in [7, 11) is 1.68. The highest BCUT2D eigenvalue weighted by atomic mass is 16.5. The van der Waals surface area contributed by atoms with Crippen molar-refractivity contribution in [1.29, 1.82) is 5.26 Å². The zero-order chi connectivity index (χ0) is 19.4. The van der Waals surface area contributed by atoms with Crippen LogP contribution in [-0.4, -0.2) is 16.9 Å². The first-order valence-electron chi connectivity index (χ1n) is 9.09. The molecular weight excluding hydrogens is 334 g/mol. The van der Waals surface area contributed by atoms with Gasteiger partial charge in [-0.05, 0) is 68.1 Å². The van der Waals surface area contributed by atoms with E-state index in [9.17, 15) is 0 Å². The summed E-state index contributed by atoms with van der Waals surface area (Å²) in [4.78, 5) is 0. The molecule has 0 bridgehead atoms. The van der Waals surface area contributed by atoms with Gasteiger partial charge in [-0.15, -0.1) is 0 Å². The highest BCUT2D eigenvalue weighted by Gasteiger charge is 2.28. The maximum Gasteiger partial charge on any atom is 0.118 e. The molecule has 2 aromatic carbocycles. The number of hydrogen-bond acceptors (Lipinski definition) is 3. The normalized spacial score (nSPS) is 12.4. The third-order valence-electron chi connectivity index (χ3n) is 5.00. The lowest BCUT2D eigenvalue weighted by atomic mass is 9.81. The maximum atomic E-state index is 9.10. The van der Waals surface area contributed by atoms with Gasteiger partial charge in [-0.3, -0.25) is 4.68 Å². The minimum atomic E-state index is -0.160. The van der Waals surface area contributed by atoms with Gasteiger partial charge < -0.3 is 4.74 Å². The molecule has 1 heterocycles. The van der Waals surface area contributed by atoms with E-state index in [1.165, 1.54) is 11.1 Å². The van der Waals surface area contributed by atoms with Crippen molar-refractivity contribution in [2.75, 3.05) is 7.11 Å². The van der Waals surface area contributed by atoms with Crippen molar-refractivity contribution in [2.45, 2.75) is 38.6 Å². The summed E-state index contributed by atoms with van der Waals surface area (Å²) in [5.74, 6) is 1.03. The maximum absolute atomic E-state index is 9.10. The fraction of sp³-hybridized carbons (Fsp3) is 0.304. The smallest absolute Gasteiger partial charge is 0.118 e. The number of nitriles is 1. The molecule has 3 aromatic rings. The van der Waals surface area contributed by atoms with Crippen LogP contribution in [0.4, 0.5) is 0 Å². The third kappa shape index (κ3) is 4.20. The van der Waals surface area contributed by atoms with E-state index in [0.29, 0.717) is 5.56 Å². The topological polar surface area (TPSA) is 50.8 Å². The number of methoxy groups -OCH3 is 1. The van der Waals surface area contributed by atoms with Crippen molar-refractivity contribution in [2.24, 2.45) is 0 Å². The molecule has 0 N–H and O–H groups in total. The molecule has 0 saturated carbocycles. The Morgan fingerprint density at radius 1 is 1.07 bits per heavy atom. The van der Waals surface area contributed by atoms with E-state index in [2.05, 4.69) is 62.4 Å². The van der Waals surface area contributed by atoms with E-state index in [4.69, 9.17) is 10.00 Å². The van der Waals surface area contributed by atoms with Crippen LogP contribution in [0, 0.1) is 18.3 Å². The Bertz CT molecular complexity index is 931. The zero-order valence-electron chi connectivity index (χ0n) is 16.3. The van der Waals surface area contributed by atoms with Crippen molar-refractivity contribution in [3.8, 4) is 11.8 Å². The largest absolute Gasteiger partial charge is 0.497 e. The van der Waals surface area contributed by atoms with Gasteiger partial charge in [-0.1, -0.05) is 24.3 Å². The van der Waals surface area contributed by atoms with Crippen molar-refractivity contribution in [3.63, 3.8) is 0 Å². The van der Waals surface area contributed by atoms with Crippen molar-refractivity contribution in [3.05, 3.63) is 83.2 Å². The van der Waals surface area contributed by atoms with Crippen molar-refractivity contribution < 1.29 is 4.74 Å². The molecular formula is C23H25N3O. The second-order valence-corrected chi connectivity index (χ2v) is 7.54. The molecule has 0 aliphatic carbocycles. The van der Waals surface area contributed by atoms with E-state index in [1.807, 2.05) is 35.1 Å². The van der Waals surface area contributed by atoms with Gasteiger partial charge in [0.15, 0.2) is 0 Å². The Hall–Kier alpha value is -3.06. The first-order chi connectivity index (χ1) is 12.9. The van der Waals surface area contributed by atoms with Crippen molar-refractivity contribution >= 4 is 0 Å². The third-order valence-corrected chi connectivity index (χ3v) is 5.00. The first kappa shape index (κ1) is 18.7. The molecule has 0 fully saturated rings. The Labute approximate surface area is 161 Å². The van der Waals surface area contributed by atoms with Gasteiger partial charge in [0, 0.05) is 12.1 Å². The van der Waals surface area contributed by atoms with E-state index in [-0.39, 0.29) is 11.5 Å². The van der Waals surface area contributed by atoms with Gasteiger partial charge in [0.25, 0.3) is 0 Å². The fourth-order valence-electron chi connectivity index (χ4n) is 3.39. The van der Waals surface area contributed by atoms with Gasteiger partial charge in [-0.25, -0.2) is 0 Å². The lowest BCUT2D eigenvalue weighted by molar-refractivity contribution is 0.282. The number of ether oxygens (including phenoxy) is 1. The molecule has 4 heteroatoms. The molecule has 0 amide bonds. The highest BCUT2D eigenvalue weighted by molar-refractivity contribution is 5.39. The van der Waals surface area contributed by atoms with Gasteiger partial charge in [0.2, 0.25) is 0 Å². The van der Waals surface area contributed by atoms with Crippen LogP contribution in [0.5, 0.6) is 5.75 Å². The van der Waals surface area contributed by atoms with Crippen LogP contribution in [0.15, 0.2) is 60.9 Å². The number of aromatic nitrogens is 2. The minimum absolute atomic E-state index is 0.160. The monoisotopic (exact) mass is 359 g/mol. The number of aryl methyl sites for hydroxylation is 1. The lowest BCUT2D eigenvalue weighted by Crippen LogP contribution is -2.29. The lowest BCUT2D eigenvalue weighted by Gasteiger charge is -2.31. The van der Waals surface area contributed by atoms with Gasteiger partial charge in [0.05, 0.1) is 30.5 Å². The molecule has 1 unspecified atom stereocenters. The molecule has 27 heavy (non-hydrogen) atoms. The van der Waals surface area contributed by atoms with Crippen LogP contribution >= 0.6 is 0 Å². The molecule has 138 valence electrons. The minimum Gasteiger partial charge on any atom is -0.497 e. The standard InChI is InChI=1S/C23H25N3O/c1-17-15-25-26(16-17)23(2,3)13-22(19-7-5-18(14-24)6-8-19)20-9-11-21(27-4)12-10-20/h5-12,15-16,22H,13H2,1-4H3. The molecule has 1 atom stereocenters. The van der Waals surface area contributed by atoms with Crippen molar-refractivity contribution in [1.82, 2.24) is 9.78 Å². The van der Waals surface area contributed by atoms with Gasteiger partial charge in [0.1, 0.15) is 5.75 Å².